The number of aromatic nitrogens is 3. The molecule has 0 bridgehead atoms. The van der Waals surface area contributed by atoms with Crippen LogP contribution < -0.4 is 0 Å². The van der Waals surface area contributed by atoms with Gasteiger partial charge in [-0.25, -0.2) is 4.39 Å². The van der Waals surface area contributed by atoms with Crippen LogP contribution in [0.5, 0.6) is 0 Å². The molecule has 23 heavy (non-hydrogen) atoms. The van der Waals surface area contributed by atoms with Crippen molar-refractivity contribution in [2.24, 2.45) is 5.92 Å². The van der Waals surface area contributed by atoms with Crippen LogP contribution in [0.15, 0.2) is 30.6 Å². The lowest BCUT2D eigenvalue weighted by atomic mass is 10.00. The zero-order valence-electron chi connectivity index (χ0n) is 13.4. The molecule has 1 aromatic carbocycles. The molecule has 1 saturated carbocycles. The smallest absolute Gasteiger partial charge is 0.150 e. The van der Waals surface area contributed by atoms with Crippen LogP contribution in [0.4, 0.5) is 4.39 Å². The molecule has 122 valence electrons. The van der Waals surface area contributed by atoms with Gasteiger partial charge >= 0.3 is 0 Å². The molecular formula is C18H23FN4. The molecule has 0 spiro atoms. The molecule has 1 aromatic heterocycles. The summed E-state index contributed by atoms with van der Waals surface area (Å²) in [6.07, 6.45) is 8.14. The molecule has 2 fully saturated rings. The maximum atomic E-state index is 13.1. The average molecular weight is 314 g/mol. The standard InChI is InChI=1S/C18H23FN4/c19-16-8-6-15(7-9-16)11-22-10-2-1-3-17(22)18-21-20-13-23(18)12-14-4-5-14/h6-9,13-14,17H,1-5,10-12H2/t17-/m0/s1. The van der Waals surface area contributed by atoms with Gasteiger partial charge in [0.2, 0.25) is 0 Å². The first kappa shape index (κ1) is 14.8. The van der Waals surface area contributed by atoms with Gasteiger partial charge in [-0.3, -0.25) is 4.90 Å². The minimum absolute atomic E-state index is 0.173. The molecule has 1 aliphatic carbocycles. The zero-order valence-corrected chi connectivity index (χ0v) is 13.4. The van der Waals surface area contributed by atoms with E-state index >= 15 is 0 Å². The molecule has 0 N–H and O–H groups in total. The second-order valence-electron chi connectivity index (χ2n) is 6.89. The van der Waals surface area contributed by atoms with Crippen LogP contribution >= 0.6 is 0 Å². The van der Waals surface area contributed by atoms with Gasteiger partial charge in [0.15, 0.2) is 0 Å². The van der Waals surface area contributed by atoms with Gasteiger partial charge in [-0.15, -0.1) is 10.2 Å². The minimum Gasteiger partial charge on any atom is -0.316 e. The summed E-state index contributed by atoms with van der Waals surface area (Å²) in [5.41, 5.74) is 1.16. The van der Waals surface area contributed by atoms with E-state index in [-0.39, 0.29) is 5.82 Å². The van der Waals surface area contributed by atoms with Gasteiger partial charge in [-0.05, 0) is 55.8 Å². The fourth-order valence-electron chi connectivity index (χ4n) is 3.54. The third-order valence-corrected chi connectivity index (χ3v) is 5.01. The molecule has 0 amide bonds. The minimum atomic E-state index is -0.173. The normalized spacial score (nSPS) is 22.4. The van der Waals surface area contributed by atoms with E-state index in [0.717, 1.165) is 43.4 Å². The maximum Gasteiger partial charge on any atom is 0.150 e. The molecule has 1 atom stereocenters. The Labute approximate surface area is 136 Å². The van der Waals surface area contributed by atoms with E-state index < -0.39 is 0 Å². The molecule has 2 heterocycles. The number of benzene rings is 1. The van der Waals surface area contributed by atoms with Crippen LogP contribution in [0, 0.1) is 11.7 Å². The molecule has 2 aliphatic rings. The van der Waals surface area contributed by atoms with Crippen molar-refractivity contribution in [3.05, 3.63) is 47.8 Å². The van der Waals surface area contributed by atoms with Crippen LogP contribution in [-0.2, 0) is 13.1 Å². The SMILES string of the molecule is Fc1ccc(CN2CCCC[C@H]2c2nncn2CC2CC2)cc1. The molecular weight excluding hydrogens is 291 g/mol. The second kappa shape index (κ2) is 6.40. The molecule has 2 aromatic rings. The first-order valence-corrected chi connectivity index (χ1v) is 8.66. The molecule has 0 radical (unpaired) electrons. The van der Waals surface area contributed by atoms with Crippen LogP contribution in [0.25, 0.3) is 0 Å². The third-order valence-electron chi connectivity index (χ3n) is 5.01. The first-order valence-electron chi connectivity index (χ1n) is 8.66. The number of piperidine rings is 1. The highest BCUT2D eigenvalue weighted by Crippen LogP contribution is 2.34. The summed E-state index contributed by atoms with van der Waals surface area (Å²) in [7, 11) is 0. The highest BCUT2D eigenvalue weighted by atomic mass is 19.1. The van der Waals surface area contributed by atoms with Crippen molar-refractivity contribution in [1.82, 2.24) is 19.7 Å². The van der Waals surface area contributed by atoms with Gasteiger partial charge in [0.05, 0.1) is 6.04 Å². The van der Waals surface area contributed by atoms with Crippen molar-refractivity contribution in [3.8, 4) is 0 Å². The molecule has 0 unspecified atom stereocenters. The quantitative estimate of drug-likeness (QED) is 0.846. The number of halogens is 1. The Hall–Kier alpha value is -1.75. The summed E-state index contributed by atoms with van der Waals surface area (Å²) in [5, 5.41) is 8.61. The number of nitrogens with zero attached hydrogens (tertiary/aromatic N) is 4. The van der Waals surface area contributed by atoms with Gasteiger partial charge in [-0.1, -0.05) is 18.6 Å². The monoisotopic (exact) mass is 314 g/mol. The summed E-state index contributed by atoms with van der Waals surface area (Å²) < 4.78 is 15.4. The molecule has 4 rings (SSSR count). The van der Waals surface area contributed by atoms with Gasteiger partial charge in [0.25, 0.3) is 0 Å². The Morgan fingerprint density at radius 3 is 2.70 bits per heavy atom. The second-order valence-corrected chi connectivity index (χ2v) is 6.89. The number of hydrogen-bond acceptors (Lipinski definition) is 3. The van der Waals surface area contributed by atoms with Gasteiger partial charge in [0, 0.05) is 13.1 Å². The number of hydrogen-bond donors (Lipinski definition) is 0. The van der Waals surface area contributed by atoms with Crippen LogP contribution in [0.2, 0.25) is 0 Å². The Morgan fingerprint density at radius 1 is 1.09 bits per heavy atom. The van der Waals surface area contributed by atoms with Gasteiger partial charge in [0.1, 0.15) is 18.0 Å². The fourth-order valence-corrected chi connectivity index (χ4v) is 3.54. The average Bonchev–Trinajstić information content (AvgIpc) is 3.26. The summed E-state index contributed by atoms with van der Waals surface area (Å²) >= 11 is 0. The zero-order chi connectivity index (χ0) is 15.6. The lowest BCUT2D eigenvalue weighted by molar-refractivity contribution is 0.130. The van der Waals surface area contributed by atoms with E-state index in [4.69, 9.17) is 0 Å². The maximum absolute atomic E-state index is 13.1. The predicted molar refractivity (Wildman–Crippen MR) is 86.1 cm³/mol. The van der Waals surface area contributed by atoms with Crippen molar-refractivity contribution in [1.29, 1.82) is 0 Å². The van der Waals surface area contributed by atoms with E-state index in [2.05, 4.69) is 19.7 Å². The van der Waals surface area contributed by atoms with Crippen LogP contribution in [0.1, 0.15) is 49.5 Å². The van der Waals surface area contributed by atoms with Crippen molar-refractivity contribution in [3.63, 3.8) is 0 Å². The van der Waals surface area contributed by atoms with E-state index in [1.165, 1.54) is 25.7 Å². The van der Waals surface area contributed by atoms with Crippen molar-refractivity contribution in [2.45, 2.75) is 51.2 Å². The van der Waals surface area contributed by atoms with E-state index in [1.807, 2.05) is 18.5 Å². The largest absolute Gasteiger partial charge is 0.316 e. The lowest BCUT2D eigenvalue weighted by Crippen LogP contribution is -2.34. The Balaban J connectivity index is 1.53. The molecule has 1 aliphatic heterocycles. The van der Waals surface area contributed by atoms with Gasteiger partial charge in [-0.2, -0.15) is 0 Å². The van der Waals surface area contributed by atoms with E-state index in [0.29, 0.717) is 6.04 Å². The van der Waals surface area contributed by atoms with Gasteiger partial charge < -0.3 is 4.57 Å². The van der Waals surface area contributed by atoms with Crippen LogP contribution in [-0.4, -0.2) is 26.2 Å². The summed E-state index contributed by atoms with van der Waals surface area (Å²) in [4.78, 5) is 2.48. The predicted octanol–water partition coefficient (Wildman–Crippen LogP) is 3.55. The highest BCUT2D eigenvalue weighted by Gasteiger charge is 2.30. The number of rotatable bonds is 5. The molecule has 4 nitrogen and oxygen atoms in total. The fraction of sp³-hybridized carbons (Fsp3) is 0.556. The summed E-state index contributed by atoms with van der Waals surface area (Å²) in [6.45, 7) is 2.97. The van der Waals surface area contributed by atoms with E-state index in [9.17, 15) is 4.39 Å². The van der Waals surface area contributed by atoms with Crippen LogP contribution in [0.3, 0.4) is 0 Å². The molecule has 1 saturated heterocycles. The van der Waals surface area contributed by atoms with Crippen molar-refractivity contribution >= 4 is 0 Å². The Bertz CT molecular complexity index is 647. The molecule has 5 heteroatoms. The van der Waals surface area contributed by atoms with E-state index in [1.54, 1.807) is 12.1 Å². The highest BCUT2D eigenvalue weighted by molar-refractivity contribution is 5.16. The van der Waals surface area contributed by atoms with Crippen molar-refractivity contribution in [2.75, 3.05) is 6.54 Å². The Morgan fingerprint density at radius 2 is 1.91 bits per heavy atom. The van der Waals surface area contributed by atoms with Crippen molar-refractivity contribution < 1.29 is 4.39 Å². The number of likely N-dealkylation sites (tertiary alicyclic amines) is 1. The lowest BCUT2D eigenvalue weighted by Gasteiger charge is -2.35. The third kappa shape index (κ3) is 3.44. The summed E-state index contributed by atoms with van der Waals surface area (Å²) in [6, 6.07) is 7.19. The summed E-state index contributed by atoms with van der Waals surface area (Å²) in [5.74, 6) is 1.76. The Kier molecular flexibility index (Phi) is 4.12. The topological polar surface area (TPSA) is 34.0 Å². The first-order chi connectivity index (χ1) is 11.3.